The van der Waals surface area contributed by atoms with Gasteiger partial charge in [0.25, 0.3) is 11.8 Å². The highest BCUT2D eigenvalue weighted by atomic mass is 16.5. The number of urea groups is 1. The molecule has 0 spiro atoms. The molecule has 9 nitrogen and oxygen atoms in total. The van der Waals surface area contributed by atoms with Gasteiger partial charge in [-0.2, -0.15) is 0 Å². The van der Waals surface area contributed by atoms with Crippen LogP contribution in [0.1, 0.15) is 34.1 Å². The fourth-order valence-electron chi connectivity index (χ4n) is 5.68. The third-order valence-electron chi connectivity index (χ3n) is 7.73. The fraction of sp³-hybridized carbons (Fsp3) is 0.233. The summed E-state index contributed by atoms with van der Waals surface area (Å²) in [5, 5.41) is 3.96. The fourth-order valence-corrected chi connectivity index (χ4v) is 5.68. The average Bonchev–Trinajstić information content (AvgIpc) is 3.44. The number of aromatic amines is 1. The van der Waals surface area contributed by atoms with Crippen LogP contribution in [0.5, 0.6) is 11.5 Å². The van der Waals surface area contributed by atoms with Gasteiger partial charge in [-0.3, -0.25) is 9.59 Å². The molecule has 4 amide bonds. The Bertz CT molecular complexity index is 1640. The second-order valence-corrected chi connectivity index (χ2v) is 9.84. The number of para-hydroxylation sites is 1. The molecule has 1 atom stereocenters. The van der Waals surface area contributed by atoms with Crippen LogP contribution >= 0.6 is 0 Å². The molecule has 1 fully saturated rings. The summed E-state index contributed by atoms with van der Waals surface area (Å²) in [5.41, 5.74) is 3.13. The van der Waals surface area contributed by atoms with Crippen LogP contribution in [-0.4, -0.2) is 48.5 Å². The van der Waals surface area contributed by atoms with E-state index in [2.05, 4.69) is 10.3 Å². The average molecular weight is 525 g/mol. The van der Waals surface area contributed by atoms with E-state index in [4.69, 9.17) is 9.47 Å². The van der Waals surface area contributed by atoms with Gasteiger partial charge in [-0.15, -0.1) is 0 Å². The number of rotatable bonds is 6. The van der Waals surface area contributed by atoms with Crippen LogP contribution in [0.3, 0.4) is 0 Å². The minimum Gasteiger partial charge on any atom is -0.493 e. The zero-order chi connectivity index (χ0) is 27.3. The molecule has 2 aliphatic rings. The Morgan fingerprint density at radius 1 is 1.00 bits per heavy atom. The molecule has 0 radical (unpaired) electrons. The van der Waals surface area contributed by atoms with Crippen LogP contribution in [0.25, 0.3) is 10.9 Å². The van der Waals surface area contributed by atoms with Gasteiger partial charge < -0.3 is 24.7 Å². The largest absolute Gasteiger partial charge is 0.493 e. The Hall–Kier alpha value is -4.79. The molecule has 0 bridgehead atoms. The maximum atomic E-state index is 13.9. The van der Waals surface area contributed by atoms with Gasteiger partial charge >= 0.3 is 6.03 Å². The lowest BCUT2D eigenvalue weighted by molar-refractivity contribution is -0.125. The van der Waals surface area contributed by atoms with Crippen molar-refractivity contribution in [3.05, 3.63) is 89.1 Å². The molecule has 4 aromatic rings. The molecule has 0 saturated carbocycles. The highest BCUT2D eigenvalue weighted by Crippen LogP contribution is 2.45. The van der Waals surface area contributed by atoms with E-state index in [-0.39, 0.29) is 18.4 Å². The molecule has 3 heterocycles. The standard InChI is InChI=1S/C30H28N4O5/c1-30-26-22(21-9-4-5-10-23(21)32-26)13-14-33(30)29(37)34(28(30)36)20-8-6-7-19(16-20)27(35)31-17-18-11-12-24(38-2)25(15-18)39-3/h4-12,15-16,32H,13-14,17H2,1-3H3,(H,31,35)/t30-/m0/s1. The third-order valence-corrected chi connectivity index (χ3v) is 7.73. The lowest BCUT2D eigenvalue weighted by Gasteiger charge is -2.35. The van der Waals surface area contributed by atoms with Crippen LogP contribution in [0.2, 0.25) is 0 Å². The van der Waals surface area contributed by atoms with Crippen LogP contribution in [0, 0.1) is 0 Å². The molecule has 0 aliphatic carbocycles. The lowest BCUT2D eigenvalue weighted by Crippen LogP contribution is -2.49. The predicted molar refractivity (Wildman–Crippen MR) is 146 cm³/mol. The van der Waals surface area contributed by atoms with E-state index in [1.165, 1.54) is 4.90 Å². The molecule has 2 aliphatic heterocycles. The van der Waals surface area contributed by atoms with Crippen molar-refractivity contribution in [1.29, 1.82) is 0 Å². The molecular weight excluding hydrogens is 496 g/mol. The molecule has 2 N–H and O–H groups in total. The molecule has 9 heteroatoms. The van der Waals surface area contributed by atoms with Crippen molar-refractivity contribution in [2.75, 3.05) is 25.7 Å². The summed E-state index contributed by atoms with van der Waals surface area (Å²) < 4.78 is 10.6. The smallest absolute Gasteiger partial charge is 0.332 e. The van der Waals surface area contributed by atoms with Gasteiger partial charge in [0.2, 0.25) is 0 Å². The van der Waals surface area contributed by atoms with Crippen LogP contribution in [0.15, 0.2) is 66.7 Å². The summed E-state index contributed by atoms with van der Waals surface area (Å²) >= 11 is 0. The van der Waals surface area contributed by atoms with Gasteiger partial charge in [-0.25, -0.2) is 9.69 Å². The minimum absolute atomic E-state index is 0.264. The quantitative estimate of drug-likeness (QED) is 0.365. The maximum Gasteiger partial charge on any atom is 0.332 e. The van der Waals surface area contributed by atoms with E-state index >= 15 is 0 Å². The first-order valence-corrected chi connectivity index (χ1v) is 12.7. The number of amides is 4. The Morgan fingerprint density at radius 3 is 2.59 bits per heavy atom. The number of imide groups is 1. The van der Waals surface area contributed by atoms with Crippen molar-refractivity contribution in [3.8, 4) is 11.5 Å². The highest BCUT2D eigenvalue weighted by Gasteiger charge is 2.59. The maximum absolute atomic E-state index is 13.9. The number of nitrogens with one attached hydrogen (secondary N) is 2. The van der Waals surface area contributed by atoms with Crippen molar-refractivity contribution in [2.45, 2.75) is 25.4 Å². The van der Waals surface area contributed by atoms with Crippen molar-refractivity contribution < 1.29 is 23.9 Å². The Kier molecular flexibility index (Phi) is 5.79. The van der Waals surface area contributed by atoms with Crippen molar-refractivity contribution in [2.24, 2.45) is 0 Å². The summed E-state index contributed by atoms with van der Waals surface area (Å²) in [5.74, 6) is 0.501. The summed E-state index contributed by atoms with van der Waals surface area (Å²) in [7, 11) is 3.12. The first-order valence-electron chi connectivity index (χ1n) is 12.7. The van der Waals surface area contributed by atoms with E-state index in [0.29, 0.717) is 35.7 Å². The summed E-state index contributed by atoms with van der Waals surface area (Å²) in [4.78, 5) is 46.8. The summed E-state index contributed by atoms with van der Waals surface area (Å²) in [6, 6.07) is 19.5. The van der Waals surface area contributed by atoms with Crippen LogP contribution in [-0.2, 0) is 23.3 Å². The number of hydrogen-bond acceptors (Lipinski definition) is 5. The van der Waals surface area contributed by atoms with Gasteiger partial charge in [-0.1, -0.05) is 30.3 Å². The van der Waals surface area contributed by atoms with Gasteiger partial charge in [0.1, 0.15) is 0 Å². The molecular formula is C30H28N4O5. The second kappa shape index (κ2) is 9.20. The number of aromatic nitrogens is 1. The third kappa shape index (κ3) is 3.72. The highest BCUT2D eigenvalue weighted by molar-refractivity contribution is 6.24. The predicted octanol–water partition coefficient (Wildman–Crippen LogP) is 4.36. The second-order valence-electron chi connectivity index (χ2n) is 9.84. The van der Waals surface area contributed by atoms with Crippen LogP contribution in [0.4, 0.5) is 10.5 Å². The summed E-state index contributed by atoms with van der Waals surface area (Å²) in [6.07, 6.45) is 0.653. The number of methoxy groups -OCH3 is 2. The van der Waals surface area contributed by atoms with E-state index in [9.17, 15) is 14.4 Å². The van der Waals surface area contributed by atoms with Gasteiger partial charge in [0.05, 0.1) is 25.6 Å². The molecule has 1 saturated heterocycles. The zero-order valence-corrected chi connectivity index (χ0v) is 21.9. The van der Waals surface area contributed by atoms with Crippen molar-refractivity contribution in [3.63, 3.8) is 0 Å². The molecule has 6 rings (SSSR count). The van der Waals surface area contributed by atoms with Gasteiger partial charge in [0.15, 0.2) is 17.0 Å². The monoisotopic (exact) mass is 524 g/mol. The molecule has 1 aromatic heterocycles. The number of carbonyl (C=O) groups excluding carboxylic acids is 3. The topological polar surface area (TPSA) is 104 Å². The Labute approximate surface area is 225 Å². The normalized spacial score (nSPS) is 18.2. The van der Waals surface area contributed by atoms with E-state index in [1.54, 1.807) is 62.4 Å². The lowest BCUT2D eigenvalue weighted by atomic mass is 9.87. The number of fused-ring (bicyclic) bond motifs is 5. The SMILES string of the molecule is COc1ccc(CNC(=O)c2cccc(N3C(=O)N4CCc5c([nH]c6ccccc56)[C@@]4(C)C3=O)c2)cc1OC. The number of carbonyl (C=O) groups is 3. The number of H-pyrrole nitrogens is 1. The summed E-state index contributed by atoms with van der Waals surface area (Å²) in [6.45, 7) is 2.48. The number of benzene rings is 3. The van der Waals surface area contributed by atoms with Gasteiger partial charge in [0, 0.05) is 29.6 Å². The number of hydrogen-bond donors (Lipinski definition) is 2. The number of nitrogens with zero attached hydrogens (tertiary/aromatic N) is 2. The van der Waals surface area contributed by atoms with Crippen molar-refractivity contribution >= 4 is 34.4 Å². The number of ether oxygens (including phenoxy) is 2. The first-order chi connectivity index (χ1) is 18.9. The number of anilines is 1. The first kappa shape index (κ1) is 24.5. The van der Waals surface area contributed by atoms with E-state index in [0.717, 1.165) is 27.7 Å². The van der Waals surface area contributed by atoms with Crippen LogP contribution < -0.4 is 19.7 Å². The zero-order valence-electron chi connectivity index (χ0n) is 21.9. The van der Waals surface area contributed by atoms with E-state index in [1.807, 2.05) is 30.3 Å². The molecule has 3 aromatic carbocycles. The Morgan fingerprint density at radius 2 is 1.79 bits per heavy atom. The Balaban J connectivity index is 1.26. The molecule has 0 unspecified atom stereocenters. The van der Waals surface area contributed by atoms with Crippen molar-refractivity contribution in [1.82, 2.24) is 15.2 Å². The van der Waals surface area contributed by atoms with Gasteiger partial charge in [-0.05, 0) is 60.9 Å². The minimum atomic E-state index is -1.16. The molecule has 39 heavy (non-hydrogen) atoms. The van der Waals surface area contributed by atoms with E-state index < -0.39 is 11.6 Å². The molecule has 198 valence electrons.